The number of carbonyl (C=O) groups is 1. The SMILES string of the molecule is CC(=O)Nc1ccc(OCCc2cccc(Cl)c2)c(S(N)(=O)=O)c1-c1ccccc1Cl. The van der Waals surface area contributed by atoms with Gasteiger partial charge in [0, 0.05) is 34.5 Å². The lowest BCUT2D eigenvalue weighted by atomic mass is 10.0. The van der Waals surface area contributed by atoms with Crippen LogP contribution >= 0.6 is 23.2 Å². The van der Waals surface area contributed by atoms with Gasteiger partial charge in [-0.2, -0.15) is 0 Å². The molecule has 3 N–H and O–H groups in total. The summed E-state index contributed by atoms with van der Waals surface area (Å²) < 4.78 is 31.0. The van der Waals surface area contributed by atoms with E-state index in [-0.39, 0.29) is 34.4 Å². The van der Waals surface area contributed by atoms with Crippen molar-refractivity contribution < 1.29 is 17.9 Å². The third-order valence-electron chi connectivity index (χ3n) is 4.40. The number of nitrogens with one attached hydrogen (secondary N) is 1. The fourth-order valence-corrected chi connectivity index (χ4v) is 4.51. The molecule has 162 valence electrons. The first-order chi connectivity index (χ1) is 14.7. The number of ether oxygens (including phenoxy) is 1. The molecule has 0 unspecified atom stereocenters. The highest BCUT2D eigenvalue weighted by Gasteiger charge is 2.26. The van der Waals surface area contributed by atoms with Crippen LogP contribution in [0.1, 0.15) is 12.5 Å². The predicted octanol–water partition coefficient (Wildman–Crippen LogP) is 4.89. The number of halogens is 2. The largest absolute Gasteiger partial charge is 0.492 e. The van der Waals surface area contributed by atoms with Gasteiger partial charge in [-0.3, -0.25) is 4.79 Å². The van der Waals surface area contributed by atoms with E-state index >= 15 is 0 Å². The third-order valence-corrected chi connectivity index (χ3v) is 5.94. The Morgan fingerprint density at radius 3 is 2.45 bits per heavy atom. The molecule has 0 heterocycles. The molecule has 0 fully saturated rings. The van der Waals surface area contributed by atoms with Crippen molar-refractivity contribution in [2.75, 3.05) is 11.9 Å². The molecule has 0 spiro atoms. The summed E-state index contributed by atoms with van der Waals surface area (Å²) in [5, 5.41) is 9.11. The van der Waals surface area contributed by atoms with E-state index in [0.717, 1.165) is 5.56 Å². The molecule has 0 saturated carbocycles. The molecule has 3 aromatic carbocycles. The molecular weight excluding hydrogens is 459 g/mol. The smallest absolute Gasteiger partial charge is 0.242 e. The number of anilines is 1. The lowest BCUT2D eigenvalue weighted by Crippen LogP contribution is -2.18. The van der Waals surface area contributed by atoms with E-state index in [0.29, 0.717) is 22.0 Å². The fourth-order valence-electron chi connectivity index (χ4n) is 3.16. The second-order valence-corrected chi connectivity index (χ2v) is 9.09. The van der Waals surface area contributed by atoms with Gasteiger partial charge in [-0.15, -0.1) is 0 Å². The van der Waals surface area contributed by atoms with Gasteiger partial charge in [-0.1, -0.05) is 53.5 Å². The number of hydrogen-bond donors (Lipinski definition) is 2. The quantitative estimate of drug-likeness (QED) is 0.504. The van der Waals surface area contributed by atoms with Crippen molar-refractivity contribution in [3.8, 4) is 16.9 Å². The van der Waals surface area contributed by atoms with Crippen LogP contribution in [0.15, 0.2) is 65.6 Å². The van der Waals surface area contributed by atoms with Gasteiger partial charge in [-0.05, 0) is 35.9 Å². The molecule has 1 amide bonds. The predicted molar refractivity (Wildman–Crippen MR) is 123 cm³/mol. The van der Waals surface area contributed by atoms with Crippen molar-refractivity contribution >= 4 is 44.8 Å². The number of hydrogen-bond acceptors (Lipinski definition) is 4. The number of amides is 1. The topological polar surface area (TPSA) is 98.5 Å². The second-order valence-electron chi connectivity index (χ2n) is 6.75. The Balaban J connectivity index is 2.08. The zero-order valence-corrected chi connectivity index (χ0v) is 18.9. The van der Waals surface area contributed by atoms with E-state index < -0.39 is 10.0 Å². The number of benzene rings is 3. The summed E-state index contributed by atoms with van der Waals surface area (Å²) in [4.78, 5) is 11.5. The van der Waals surface area contributed by atoms with Crippen molar-refractivity contribution in [2.24, 2.45) is 5.14 Å². The molecule has 0 aromatic heterocycles. The first-order valence-corrected chi connectivity index (χ1v) is 11.6. The Kier molecular flexibility index (Phi) is 7.23. The molecule has 0 aliphatic heterocycles. The lowest BCUT2D eigenvalue weighted by Gasteiger charge is -2.19. The van der Waals surface area contributed by atoms with Crippen LogP contribution in [0.25, 0.3) is 11.1 Å². The standard InChI is InChI=1S/C22H20Cl2N2O4S/c1-14(27)26-19-9-10-20(30-12-11-15-5-4-6-16(23)13-15)22(31(25,28)29)21(19)17-7-2-3-8-18(17)24/h2-10,13H,11-12H2,1H3,(H,26,27)(H2,25,28,29). The van der Waals surface area contributed by atoms with Crippen LogP contribution in [0.4, 0.5) is 5.69 Å². The summed E-state index contributed by atoms with van der Waals surface area (Å²) >= 11 is 12.3. The number of nitrogens with two attached hydrogens (primary N) is 1. The maximum atomic E-state index is 12.6. The Morgan fingerprint density at radius 2 is 1.81 bits per heavy atom. The van der Waals surface area contributed by atoms with Gasteiger partial charge < -0.3 is 10.1 Å². The monoisotopic (exact) mass is 478 g/mol. The molecular formula is C22H20Cl2N2O4S. The number of primary sulfonamides is 1. The van der Waals surface area contributed by atoms with Crippen LogP contribution in [-0.2, 0) is 21.2 Å². The summed E-state index contributed by atoms with van der Waals surface area (Å²) in [7, 11) is -4.25. The zero-order valence-electron chi connectivity index (χ0n) is 16.6. The van der Waals surface area contributed by atoms with Crippen molar-refractivity contribution in [1.82, 2.24) is 0 Å². The van der Waals surface area contributed by atoms with Gasteiger partial charge in [0.2, 0.25) is 15.9 Å². The van der Waals surface area contributed by atoms with E-state index in [4.69, 9.17) is 33.1 Å². The zero-order chi connectivity index (χ0) is 22.6. The van der Waals surface area contributed by atoms with Gasteiger partial charge in [0.05, 0.1) is 12.3 Å². The summed E-state index contributed by atoms with van der Waals surface area (Å²) in [5.74, 6) is -0.308. The molecule has 6 nitrogen and oxygen atoms in total. The maximum absolute atomic E-state index is 12.6. The average molecular weight is 479 g/mol. The number of rotatable bonds is 7. The number of carbonyl (C=O) groups excluding carboxylic acids is 1. The van der Waals surface area contributed by atoms with Crippen molar-refractivity contribution in [2.45, 2.75) is 18.2 Å². The highest BCUT2D eigenvalue weighted by Crippen LogP contribution is 2.42. The Bertz CT molecular complexity index is 1230. The molecule has 3 aromatic rings. The van der Waals surface area contributed by atoms with Crippen LogP contribution < -0.4 is 15.2 Å². The lowest BCUT2D eigenvalue weighted by molar-refractivity contribution is -0.114. The summed E-state index contributed by atoms with van der Waals surface area (Å²) in [6.45, 7) is 1.51. The molecule has 0 radical (unpaired) electrons. The first kappa shape index (κ1) is 23.1. The molecule has 0 saturated heterocycles. The maximum Gasteiger partial charge on any atom is 0.242 e. The fraction of sp³-hybridized carbons (Fsp3) is 0.136. The van der Waals surface area contributed by atoms with Gasteiger partial charge in [0.25, 0.3) is 0 Å². The highest BCUT2D eigenvalue weighted by molar-refractivity contribution is 7.89. The van der Waals surface area contributed by atoms with Crippen LogP contribution in [-0.4, -0.2) is 20.9 Å². The van der Waals surface area contributed by atoms with E-state index in [1.807, 2.05) is 12.1 Å². The van der Waals surface area contributed by atoms with E-state index in [1.165, 1.54) is 13.0 Å². The van der Waals surface area contributed by atoms with Gasteiger partial charge in [0.1, 0.15) is 10.6 Å². The molecule has 3 rings (SSSR count). The van der Waals surface area contributed by atoms with Gasteiger partial charge in [-0.25, -0.2) is 13.6 Å². The summed E-state index contributed by atoms with van der Waals surface area (Å²) in [6.07, 6.45) is 0.499. The normalized spacial score (nSPS) is 11.2. The molecule has 0 aliphatic carbocycles. The van der Waals surface area contributed by atoms with Crippen molar-refractivity contribution in [3.05, 3.63) is 76.3 Å². The Hall–Kier alpha value is -2.58. The van der Waals surface area contributed by atoms with Crippen LogP contribution in [0.5, 0.6) is 5.75 Å². The molecule has 9 heteroatoms. The van der Waals surface area contributed by atoms with E-state index in [9.17, 15) is 13.2 Å². The molecule has 0 bridgehead atoms. The highest BCUT2D eigenvalue weighted by atomic mass is 35.5. The van der Waals surface area contributed by atoms with Gasteiger partial charge >= 0.3 is 0 Å². The summed E-state index contributed by atoms with van der Waals surface area (Å²) in [5.41, 5.74) is 1.76. The average Bonchev–Trinajstić information content (AvgIpc) is 2.68. The minimum absolute atomic E-state index is 0.0635. The number of sulfonamides is 1. The van der Waals surface area contributed by atoms with Gasteiger partial charge in [0.15, 0.2) is 0 Å². The van der Waals surface area contributed by atoms with Crippen molar-refractivity contribution in [1.29, 1.82) is 0 Å². The van der Waals surface area contributed by atoms with Crippen LogP contribution in [0.3, 0.4) is 0 Å². The summed E-state index contributed by atoms with van der Waals surface area (Å²) in [6, 6.07) is 17.0. The Labute approximate surface area is 191 Å². The van der Waals surface area contributed by atoms with E-state index in [1.54, 1.807) is 42.5 Å². The molecule has 0 aliphatic rings. The van der Waals surface area contributed by atoms with Crippen LogP contribution in [0.2, 0.25) is 10.0 Å². The van der Waals surface area contributed by atoms with Crippen molar-refractivity contribution in [3.63, 3.8) is 0 Å². The molecule has 31 heavy (non-hydrogen) atoms. The third kappa shape index (κ3) is 5.77. The Morgan fingerprint density at radius 1 is 1.06 bits per heavy atom. The minimum atomic E-state index is -4.25. The molecule has 0 atom stereocenters. The van der Waals surface area contributed by atoms with E-state index in [2.05, 4.69) is 5.32 Å². The first-order valence-electron chi connectivity index (χ1n) is 9.26. The minimum Gasteiger partial charge on any atom is -0.492 e. The van der Waals surface area contributed by atoms with Crippen LogP contribution in [0, 0.1) is 0 Å². The second kappa shape index (κ2) is 9.70.